The Kier molecular flexibility index (Phi) is 2.53. The second kappa shape index (κ2) is 3.70. The highest BCUT2D eigenvalue weighted by molar-refractivity contribution is 5.47. The number of rotatable bonds is 2. The zero-order chi connectivity index (χ0) is 10.9. The molecular weight excluding hydrogens is 186 g/mol. The predicted molar refractivity (Wildman–Crippen MR) is 62.2 cm³/mol. The van der Waals surface area contributed by atoms with Crippen LogP contribution in [0.5, 0.6) is 0 Å². The van der Waals surface area contributed by atoms with Crippen molar-refractivity contribution in [2.75, 3.05) is 6.54 Å². The van der Waals surface area contributed by atoms with Crippen molar-refractivity contribution in [1.29, 1.82) is 0 Å². The van der Waals surface area contributed by atoms with E-state index in [-0.39, 0.29) is 5.41 Å². The minimum Gasteiger partial charge on any atom is -0.391 e. The quantitative estimate of drug-likeness (QED) is 0.718. The molecule has 0 aromatic carbocycles. The van der Waals surface area contributed by atoms with Crippen LogP contribution in [-0.4, -0.2) is 17.8 Å². The maximum absolute atomic E-state index is 9.98. The van der Waals surface area contributed by atoms with Gasteiger partial charge >= 0.3 is 0 Å². The molecule has 80 valence electrons. The Balaban J connectivity index is 2.47. The van der Waals surface area contributed by atoms with Crippen LogP contribution in [-0.2, 0) is 0 Å². The summed E-state index contributed by atoms with van der Waals surface area (Å²) < 4.78 is 0. The molecule has 0 saturated carbocycles. The highest BCUT2D eigenvalue weighted by Gasteiger charge is 2.41. The fraction of sp³-hybridized carbons (Fsp3) is 0.385. The van der Waals surface area contributed by atoms with E-state index in [4.69, 9.17) is 0 Å². The monoisotopic (exact) mass is 203 g/mol. The summed E-state index contributed by atoms with van der Waals surface area (Å²) in [6.07, 6.45) is 9.12. The molecule has 2 unspecified atom stereocenters. The number of hydrogen-bond donors (Lipinski definition) is 2. The van der Waals surface area contributed by atoms with Gasteiger partial charge in [0.15, 0.2) is 0 Å². The summed E-state index contributed by atoms with van der Waals surface area (Å²) in [6, 6.07) is 0. The zero-order valence-electron chi connectivity index (χ0n) is 8.87. The van der Waals surface area contributed by atoms with Crippen LogP contribution in [0.3, 0.4) is 0 Å². The molecule has 0 bridgehead atoms. The number of hydrogen-bond acceptors (Lipinski definition) is 2. The molecule has 2 aliphatic rings. The maximum atomic E-state index is 9.98. The van der Waals surface area contributed by atoms with Crippen LogP contribution in [0.2, 0.25) is 0 Å². The van der Waals surface area contributed by atoms with Crippen LogP contribution in [0.4, 0.5) is 0 Å². The first-order valence-corrected chi connectivity index (χ1v) is 5.32. The van der Waals surface area contributed by atoms with E-state index in [2.05, 4.69) is 24.6 Å². The first-order valence-electron chi connectivity index (χ1n) is 5.32. The molecule has 2 N–H and O–H groups in total. The third kappa shape index (κ3) is 1.45. The van der Waals surface area contributed by atoms with Gasteiger partial charge in [-0.15, -0.1) is 0 Å². The lowest BCUT2D eigenvalue weighted by atomic mass is 9.76. The van der Waals surface area contributed by atoms with E-state index in [0.29, 0.717) is 0 Å². The normalized spacial score (nSPS) is 34.3. The molecule has 0 aromatic heterocycles. The first-order chi connectivity index (χ1) is 7.23. The van der Waals surface area contributed by atoms with Crippen LogP contribution in [0, 0.1) is 5.41 Å². The van der Waals surface area contributed by atoms with Crippen molar-refractivity contribution in [1.82, 2.24) is 5.32 Å². The third-order valence-electron chi connectivity index (χ3n) is 3.42. The zero-order valence-corrected chi connectivity index (χ0v) is 8.87. The van der Waals surface area contributed by atoms with Gasteiger partial charge in [-0.3, -0.25) is 0 Å². The minimum atomic E-state index is -0.391. The van der Waals surface area contributed by atoms with Gasteiger partial charge in [-0.05, 0) is 30.2 Å². The Morgan fingerprint density at radius 2 is 2.27 bits per heavy atom. The summed E-state index contributed by atoms with van der Waals surface area (Å²) in [5.74, 6) is 0. The molecule has 2 heteroatoms. The lowest BCUT2D eigenvalue weighted by Gasteiger charge is -2.31. The number of aliphatic hydroxyl groups is 1. The number of allylic oxidation sites excluding steroid dienone is 3. The van der Waals surface area contributed by atoms with Crippen molar-refractivity contribution >= 4 is 0 Å². The van der Waals surface area contributed by atoms with Crippen LogP contribution in [0.15, 0.2) is 48.7 Å². The summed E-state index contributed by atoms with van der Waals surface area (Å²) in [4.78, 5) is 0. The summed E-state index contributed by atoms with van der Waals surface area (Å²) in [5.41, 5.74) is 2.06. The van der Waals surface area contributed by atoms with Crippen molar-refractivity contribution in [2.45, 2.75) is 18.9 Å². The molecule has 0 fully saturated rings. The maximum Gasteiger partial charge on any atom is 0.0804 e. The summed E-state index contributed by atoms with van der Waals surface area (Å²) in [7, 11) is 0. The summed E-state index contributed by atoms with van der Waals surface area (Å²) in [5, 5.41) is 13.2. The van der Waals surface area contributed by atoms with Gasteiger partial charge in [0, 0.05) is 12.0 Å². The average Bonchev–Trinajstić information content (AvgIpc) is 2.50. The summed E-state index contributed by atoms with van der Waals surface area (Å²) >= 11 is 0. The van der Waals surface area contributed by atoms with Gasteiger partial charge in [0.25, 0.3) is 0 Å². The lowest BCUT2D eigenvalue weighted by Crippen LogP contribution is -2.28. The molecule has 1 spiro atoms. The molecule has 1 aliphatic carbocycles. The highest BCUT2D eigenvalue weighted by atomic mass is 16.3. The molecular formula is C13H17NO. The highest BCUT2D eigenvalue weighted by Crippen LogP contribution is 2.48. The molecule has 2 rings (SSSR count). The Labute approximate surface area is 90.7 Å². The van der Waals surface area contributed by atoms with Gasteiger partial charge in [-0.25, -0.2) is 0 Å². The van der Waals surface area contributed by atoms with Gasteiger partial charge in [0.2, 0.25) is 0 Å². The van der Waals surface area contributed by atoms with E-state index < -0.39 is 6.10 Å². The first kappa shape index (κ1) is 10.2. The molecule has 2 atom stereocenters. The second-order valence-corrected chi connectivity index (χ2v) is 4.19. The number of nitrogens with one attached hydrogen (secondary N) is 1. The Morgan fingerprint density at radius 1 is 1.47 bits per heavy atom. The van der Waals surface area contributed by atoms with E-state index in [0.717, 1.165) is 30.5 Å². The molecule has 0 aromatic rings. The molecule has 0 amide bonds. The Hall–Kier alpha value is -1.28. The van der Waals surface area contributed by atoms with Gasteiger partial charge < -0.3 is 10.4 Å². The largest absolute Gasteiger partial charge is 0.391 e. The van der Waals surface area contributed by atoms with E-state index >= 15 is 0 Å². The van der Waals surface area contributed by atoms with Crippen LogP contribution < -0.4 is 5.32 Å². The second-order valence-electron chi connectivity index (χ2n) is 4.19. The van der Waals surface area contributed by atoms with Crippen molar-refractivity contribution in [2.24, 2.45) is 5.41 Å². The van der Waals surface area contributed by atoms with Crippen LogP contribution in [0.1, 0.15) is 12.8 Å². The smallest absolute Gasteiger partial charge is 0.0804 e. The third-order valence-corrected chi connectivity index (χ3v) is 3.42. The van der Waals surface area contributed by atoms with Crippen molar-refractivity contribution in [3.8, 4) is 0 Å². The lowest BCUT2D eigenvalue weighted by molar-refractivity contribution is 0.183. The van der Waals surface area contributed by atoms with Crippen molar-refractivity contribution in [3.63, 3.8) is 0 Å². The minimum absolute atomic E-state index is 0.0179. The van der Waals surface area contributed by atoms with Gasteiger partial charge in [-0.2, -0.15) is 0 Å². The van der Waals surface area contributed by atoms with E-state index in [1.165, 1.54) is 0 Å². The van der Waals surface area contributed by atoms with E-state index in [1.807, 2.05) is 12.3 Å². The van der Waals surface area contributed by atoms with Crippen molar-refractivity contribution < 1.29 is 5.11 Å². The predicted octanol–water partition coefficient (Wildman–Crippen LogP) is 1.91. The Bertz CT molecular complexity index is 354. The fourth-order valence-electron chi connectivity index (χ4n) is 2.67. The van der Waals surface area contributed by atoms with Crippen molar-refractivity contribution in [3.05, 3.63) is 48.7 Å². The van der Waals surface area contributed by atoms with E-state index in [9.17, 15) is 5.11 Å². The molecule has 0 radical (unpaired) electrons. The number of aliphatic hydroxyl groups excluding tert-OH is 1. The molecule has 2 nitrogen and oxygen atoms in total. The topological polar surface area (TPSA) is 32.3 Å². The molecule has 15 heavy (non-hydrogen) atoms. The van der Waals surface area contributed by atoms with E-state index in [1.54, 1.807) is 6.08 Å². The van der Waals surface area contributed by atoms with Crippen LogP contribution in [0.25, 0.3) is 0 Å². The molecule has 1 heterocycles. The van der Waals surface area contributed by atoms with Gasteiger partial charge in [-0.1, -0.05) is 31.4 Å². The Morgan fingerprint density at radius 3 is 2.80 bits per heavy atom. The van der Waals surface area contributed by atoms with Gasteiger partial charge in [0.05, 0.1) is 6.10 Å². The standard InChI is InChI=1S/C13H17NO/c1-3-10-11(4-2)13(9-12(10)15)5-7-14-8-6-13/h3-5,7,12,14-15H,1-2,6,8-9H2. The molecule has 0 saturated heterocycles. The van der Waals surface area contributed by atoms with Gasteiger partial charge in [0.1, 0.15) is 0 Å². The van der Waals surface area contributed by atoms with Crippen LogP contribution >= 0.6 is 0 Å². The summed E-state index contributed by atoms with van der Waals surface area (Å²) in [6.45, 7) is 8.57. The SMILES string of the molecule is C=CC1=C(C=C)C2(C=CNCC2)CC1O. The fourth-order valence-corrected chi connectivity index (χ4v) is 2.67. The average molecular weight is 203 g/mol. The molecule has 1 aliphatic heterocycles.